The molecule has 0 amide bonds. The lowest BCUT2D eigenvalue weighted by Crippen LogP contribution is -2.00. The van der Waals surface area contributed by atoms with Crippen LogP contribution in [0.4, 0.5) is 0 Å². The largest absolute Gasteiger partial charge is 0.247 e. The lowest BCUT2D eigenvalue weighted by Gasteiger charge is -2.03. The zero-order chi connectivity index (χ0) is 11.7. The van der Waals surface area contributed by atoms with Crippen LogP contribution in [0.2, 0.25) is 0 Å². The van der Waals surface area contributed by atoms with E-state index in [9.17, 15) is 0 Å². The second kappa shape index (κ2) is 4.44. The number of hydrogen-bond acceptors (Lipinski definition) is 2. The highest BCUT2D eigenvalue weighted by molar-refractivity contribution is 14.1. The Bertz CT molecular complexity index is 660. The molecule has 0 fully saturated rings. The second-order valence-electron chi connectivity index (χ2n) is 3.92. The summed E-state index contributed by atoms with van der Waals surface area (Å²) < 4.78 is 2.77. The van der Waals surface area contributed by atoms with Gasteiger partial charge in [0.25, 0.3) is 0 Å². The van der Waals surface area contributed by atoms with Crippen LogP contribution in [-0.2, 0) is 6.54 Å². The summed E-state index contributed by atoms with van der Waals surface area (Å²) in [6.45, 7) is 0.765. The third kappa shape index (κ3) is 2.31. The Morgan fingerprint density at radius 2 is 1.88 bits per heavy atom. The standard InChI is InChI=1S/C13H10IN3/c14-13-9-17(16-15-13)8-10-5-6-11-3-1-2-4-12(11)7-10/h1-7,9H,8H2. The molecule has 0 aliphatic heterocycles. The van der Waals surface area contributed by atoms with Crippen molar-refractivity contribution in [2.45, 2.75) is 6.54 Å². The second-order valence-corrected chi connectivity index (χ2v) is 5.03. The number of halogens is 1. The molecule has 2 aromatic carbocycles. The van der Waals surface area contributed by atoms with Crippen LogP contribution in [-0.4, -0.2) is 15.0 Å². The Balaban J connectivity index is 1.95. The van der Waals surface area contributed by atoms with E-state index in [0.717, 1.165) is 10.2 Å². The van der Waals surface area contributed by atoms with Gasteiger partial charge in [-0.25, -0.2) is 4.68 Å². The van der Waals surface area contributed by atoms with Crippen LogP contribution in [0.3, 0.4) is 0 Å². The van der Waals surface area contributed by atoms with E-state index in [1.165, 1.54) is 16.3 Å². The monoisotopic (exact) mass is 335 g/mol. The maximum atomic E-state index is 4.05. The van der Waals surface area contributed by atoms with Crippen LogP contribution in [0.1, 0.15) is 5.56 Å². The lowest BCUT2D eigenvalue weighted by atomic mass is 10.1. The summed E-state index contributed by atoms with van der Waals surface area (Å²) in [5.41, 5.74) is 1.24. The quantitative estimate of drug-likeness (QED) is 0.674. The Morgan fingerprint density at radius 1 is 1.06 bits per heavy atom. The topological polar surface area (TPSA) is 30.7 Å². The summed E-state index contributed by atoms with van der Waals surface area (Å²) in [5, 5.41) is 10.6. The molecular formula is C13H10IN3. The maximum Gasteiger partial charge on any atom is 0.143 e. The normalized spacial score (nSPS) is 10.9. The number of fused-ring (bicyclic) bond motifs is 1. The van der Waals surface area contributed by atoms with Gasteiger partial charge >= 0.3 is 0 Å². The van der Waals surface area contributed by atoms with Crippen molar-refractivity contribution in [3.8, 4) is 0 Å². The van der Waals surface area contributed by atoms with Crippen molar-refractivity contribution in [2.75, 3.05) is 0 Å². The molecular weight excluding hydrogens is 325 g/mol. The molecule has 3 rings (SSSR count). The van der Waals surface area contributed by atoms with Crippen LogP contribution < -0.4 is 0 Å². The van der Waals surface area contributed by atoms with Gasteiger partial charge in [0, 0.05) is 0 Å². The van der Waals surface area contributed by atoms with Crippen molar-refractivity contribution >= 4 is 33.4 Å². The molecule has 0 aliphatic rings. The van der Waals surface area contributed by atoms with Crippen molar-refractivity contribution in [2.24, 2.45) is 0 Å². The van der Waals surface area contributed by atoms with E-state index in [-0.39, 0.29) is 0 Å². The highest BCUT2D eigenvalue weighted by Gasteiger charge is 2.00. The highest BCUT2D eigenvalue weighted by Crippen LogP contribution is 2.16. The average Bonchev–Trinajstić information content (AvgIpc) is 2.75. The molecule has 1 heterocycles. The van der Waals surface area contributed by atoms with Gasteiger partial charge in [-0.1, -0.05) is 41.6 Å². The number of aromatic nitrogens is 3. The molecule has 84 valence electrons. The lowest BCUT2D eigenvalue weighted by molar-refractivity contribution is 0.650. The fraction of sp³-hybridized carbons (Fsp3) is 0.0769. The van der Waals surface area contributed by atoms with Gasteiger partial charge in [-0.15, -0.1) is 5.10 Å². The van der Waals surface area contributed by atoms with E-state index < -0.39 is 0 Å². The van der Waals surface area contributed by atoms with Gasteiger partial charge in [0.05, 0.1) is 12.7 Å². The number of nitrogens with zero attached hydrogens (tertiary/aromatic N) is 3. The number of benzene rings is 2. The molecule has 0 unspecified atom stereocenters. The molecule has 0 saturated heterocycles. The third-order valence-electron chi connectivity index (χ3n) is 2.67. The van der Waals surface area contributed by atoms with Crippen molar-refractivity contribution in [3.05, 3.63) is 57.9 Å². The van der Waals surface area contributed by atoms with E-state index in [1.54, 1.807) is 0 Å². The molecule has 0 spiro atoms. The summed E-state index contributed by atoms with van der Waals surface area (Å²) in [4.78, 5) is 0. The summed E-state index contributed by atoms with van der Waals surface area (Å²) in [6, 6.07) is 14.8. The van der Waals surface area contributed by atoms with Gasteiger partial charge in [-0.2, -0.15) is 0 Å². The van der Waals surface area contributed by atoms with E-state index >= 15 is 0 Å². The molecule has 3 nitrogen and oxygen atoms in total. The van der Waals surface area contributed by atoms with Crippen LogP contribution in [0, 0.1) is 3.70 Å². The fourth-order valence-corrected chi connectivity index (χ4v) is 2.29. The molecule has 0 bridgehead atoms. The predicted octanol–water partition coefficient (Wildman–Crippen LogP) is 3.08. The summed E-state index contributed by atoms with van der Waals surface area (Å²) in [7, 11) is 0. The Hall–Kier alpha value is -1.43. The van der Waals surface area contributed by atoms with Gasteiger partial charge in [0.2, 0.25) is 0 Å². The Morgan fingerprint density at radius 3 is 2.65 bits per heavy atom. The van der Waals surface area contributed by atoms with Crippen molar-refractivity contribution in [1.82, 2.24) is 15.0 Å². The van der Waals surface area contributed by atoms with Crippen molar-refractivity contribution in [1.29, 1.82) is 0 Å². The first-order valence-electron chi connectivity index (χ1n) is 5.34. The van der Waals surface area contributed by atoms with E-state index in [0.29, 0.717) is 0 Å². The van der Waals surface area contributed by atoms with E-state index in [1.807, 2.05) is 10.9 Å². The number of rotatable bonds is 2. The minimum absolute atomic E-state index is 0.765. The van der Waals surface area contributed by atoms with Gasteiger partial charge in [-0.05, 0) is 45.0 Å². The van der Waals surface area contributed by atoms with Crippen molar-refractivity contribution in [3.63, 3.8) is 0 Å². The van der Waals surface area contributed by atoms with E-state index in [2.05, 4.69) is 75.4 Å². The van der Waals surface area contributed by atoms with Gasteiger partial charge in [0.1, 0.15) is 3.70 Å². The molecule has 0 saturated carbocycles. The van der Waals surface area contributed by atoms with Gasteiger partial charge in [-0.3, -0.25) is 0 Å². The summed E-state index contributed by atoms with van der Waals surface area (Å²) in [6.07, 6.45) is 1.94. The molecule has 1 aromatic heterocycles. The molecule has 17 heavy (non-hydrogen) atoms. The number of hydrogen-bond donors (Lipinski definition) is 0. The van der Waals surface area contributed by atoms with E-state index in [4.69, 9.17) is 0 Å². The molecule has 3 aromatic rings. The highest BCUT2D eigenvalue weighted by atomic mass is 127. The average molecular weight is 335 g/mol. The maximum absolute atomic E-state index is 4.05. The SMILES string of the molecule is Ic1cn(Cc2ccc3ccccc3c2)nn1. The third-order valence-corrected chi connectivity index (χ3v) is 3.16. The van der Waals surface area contributed by atoms with Crippen LogP contribution in [0.25, 0.3) is 10.8 Å². The van der Waals surface area contributed by atoms with Gasteiger partial charge < -0.3 is 0 Å². The summed E-state index contributed by atoms with van der Waals surface area (Å²) in [5.74, 6) is 0. The molecule has 0 N–H and O–H groups in total. The van der Waals surface area contributed by atoms with Crippen LogP contribution >= 0.6 is 22.6 Å². The molecule has 0 atom stereocenters. The minimum Gasteiger partial charge on any atom is -0.247 e. The molecule has 0 aliphatic carbocycles. The zero-order valence-electron chi connectivity index (χ0n) is 9.05. The zero-order valence-corrected chi connectivity index (χ0v) is 11.2. The molecule has 4 heteroatoms. The predicted molar refractivity (Wildman–Crippen MR) is 75.8 cm³/mol. The minimum atomic E-state index is 0.765. The first kappa shape index (κ1) is 10.7. The summed E-state index contributed by atoms with van der Waals surface area (Å²) >= 11 is 2.16. The Labute approximate surface area is 113 Å². The van der Waals surface area contributed by atoms with Gasteiger partial charge in [0.15, 0.2) is 0 Å². The van der Waals surface area contributed by atoms with Crippen LogP contribution in [0.5, 0.6) is 0 Å². The molecule has 0 radical (unpaired) electrons. The Kier molecular flexibility index (Phi) is 2.80. The first-order valence-corrected chi connectivity index (χ1v) is 6.42. The van der Waals surface area contributed by atoms with Crippen LogP contribution in [0.15, 0.2) is 48.7 Å². The van der Waals surface area contributed by atoms with Crippen molar-refractivity contribution < 1.29 is 0 Å². The smallest absolute Gasteiger partial charge is 0.143 e. The fourth-order valence-electron chi connectivity index (χ4n) is 1.88. The first-order chi connectivity index (χ1) is 8.31.